The third-order valence-electron chi connectivity index (χ3n) is 6.19. The molecule has 1 aromatic heterocycles. The molecule has 1 amide bonds. The van der Waals surface area contributed by atoms with Crippen LogP contribution in [0.25, 0.3) is 0 Å². The summed E-state index contributed by atoms with van der Waals surface area (Å²) in [7, 11) is -3.61. The number of hydrogen-bond acceptors (Lipinski definition) is 5. The number of nitrogens with two attached hydrogens (primary N) is 1. The van der Waals surface area contributed by atoms with E-state index in [2.05, 4.69) is 24.4 Å². The Labute approximate surface area is 182 Å². The van der Waals surface area contributed by atoms with Crippen LogP contribution in [0, 0.1) is 10.7 Å². The number of aliphatic hydroxyl groups is 1. The molecule has 6 nitrogen and oxygen atoms in total. The molecule has 0 bridgehead atoms. The Balaban J connectivity index is 1.77. The molecular formula is C22H29N3O3S2. The van der Waals surface area contributed by atoms with Gasteiger partial charge in [-0.1, -0.05) is 19.1 Å². The first kappa shape index (κ1) is 21.5. The van der Waals surface area contributed by atoms with Crippen molar-refractivity contribution >= 4 is 32.8 Å². The average Bonchev–Trinajstić information content (AvgIpc) is 3.18. The Morgan fingerprint density at radius 2 is 2.07 bits per heavy atom. The fourth-order valence-electron chi connectivity index (χ4n) is 4.30. The highest BCUT2D eigenvalue weighted by molar-refractivity contribution is 7.92. The Bertz CT molecular complexity index is 1110. The lowest BCUT2D eigenvalue weighted by Gasteiger charge is -2.20. The van der Waals surface area contributed by atoms with Crippen molar-refractivity contribution in [1.82, 2.24) is 0 Å². The normalized spacial score (nSPS) is 19.2. The summed E-state index contributed by atoms with van der Waals surface area (Å²) in [6.07, 6.45) is 5.42. The van der Waals surface area contributed by atoms with Gasteiger partial charge in [0.15, 0.2) is 0 Å². The van der Waals surface area contributed by atoms with E-state index in [1.165, 1.54) is 30.0 Å². The number of carbonyl (C=O) groups excluding carboxylic acids is 1. The van der Waals surface area contributed by atoms with Crippen molar-refractivity contribution < 1.29 is 14.1 Å². The van der Waals surface area contributed by atoms with Crippen LogP contribution in [0.1, 0.15) is 77.9 Å². The van der Waals surface area contributed by atoms with Crippen molar-refractivity contribution in [2.75, 3.05) is 5.32 Å². The smallest absolute Gasteiger partial charge is 0.257 e. The maximum absolute atomic E-state index is 13.3. The summed E-state index contributed by atoms with van der Waals surface area (Å²) in [5, 5.41) is 19.1. The number of carbonyl (C=O) groups is 1. The molecule has 2 atom stereocenters. The molecule has 2 aliphatic rings. The van der Waals surface area contributed by atoms with Crippen molar-refractivity contribution in [2.45, 2.75) is 68.6 Å². The zero-order chi connectivity index (χ0) is 21.8. The monoisotopic (exact) mass is 447 g/mol. The Morgan fingerprint density at radius 3 is 2.67 bits per heavy atom. The van der Waals surface area contributed by atoms with Crippen LogP contribution >= 0.6 is 11.3 Å². The third-order valence-corrected chi connectivity index (χ3v) is 9.20. The predicted octanol–water partition coefficient (Wildman–Crippen LogP) is 4.51. The molecule has 1 aromatic carbocycles. The molecule has 30 heavy (non-hydrogen) atoms. The van der Waals surface area contributed by atoms with E-state index in [9.17, 15) is 14.1 Å². The maximum atomic E-state index is 13.3. The van der Waals surface area contributed by atoms with Gasteiger partial charge in [0, 0.05) is 10.6 Å². The Hall–Kier alpha value is -1.74. The summed E-state index contributed by atoms with van der Waals surface area (Å²) >= 11 is 0.964. The third kappa shape index (κ3) is 4.06. The molecule has 4 rings (SSSR count). The topological polar surface area (TPSA) is 116 Å². The minimum absolute atomic E-state index is 0.00138. The van der Waals surface area contributed by atoms with Crippen molar-refractivity contribution in [1.29, 1.82) is 4.78 Å². The minimum atomic E-state index is -3.61. The second kappa shape index (κ2) is 7.44. The van der Waals surface area contributed by atoms with Crippen LogP contribution < -0.4 is 10.5 Å². The van der Waals surface area contributed by atoms with Gasteiger partial charge in [0.05, 0.1) is 11.2 Å². The number of rotatable bonds is 6. The molecule has 5 N–H and O–H groups in total. The summed E-state index contributed by atoms with van der Waals surface area (Å²) in [5.41, 5.74) is 3.35. The van der Waals surface area contributed by atoms with Gasteiger partial charge in [-0.25, -0.2) is 14.1 Å². The van der Waals surface area contributed by atoms with E-state index in [0.717, 1.165) is 41.9 Å². The summed E-state index contributed by atoms with van der Waals surface area (Å²) in [6.45, 7) is 5.39. The number of aryl methyl sites for hydroxylation is 1. The van der Waals surface area contributed by atoms with E-state index in [1.807, 2.05) is 0 Å². The summed E-state index contributed by atoms with van der Waals surface area (Å²) in [6, 6.07) is 5.84. The number of nitrogens with one attached hydrogen (secondary N) is 2. The minimum Gasteiger partial charge on any atom is -0.385 e. The molecule has 0 radical (unpaired) electrons. The zero-order valence-electron chi connectivity index (χ0n) is 17.6. The molecule has 0 aliphatic heterocycles. The molecule has 0 saturated heterocycles. The zero-order valence-corrected chi connectivity index (χ0v) is 19.2. The lowest BCUT2D eigenvalue weighted by atomic mass is 9.91. The van der Waals surface area contributed by atoms with Gasteiger partial charge in [-0.3, -0.25) is 4.79 Å². The van der Waals surface area contributed by atoms with Crippen LogP contribution in [0.4, 0.5) is 5.69 Å². The fraction of sp³-hybridized carbons (Fsp3) is 0.500. The molecular weight excluding hydrogens is 418 g/mol. The van der Waals surface area contributed by atoms with Gasteiger partial charge in [0.25, 0.3) is 5.91 Å². The van der Waals surface area contributed by atoms with Crippen molar-refractivity contribution in [3.8, 4) is 0 Å². The summed E-state index contributed by atoms with van der Waals surface area (Å²) in [5.74, 6) is 0.580. The van der Waals surface area contributed by atoms with Gasteiger partial charge in [0.2, 0.25) is 0 Å². The first-order valence-corrected chi connectivity index (χ1v) is 12.8. The van der Waals surface area contributed by atoms with Crippen LogP contribution in [0.15, 0.2) is 22.4 Å². The molecule has 162 valence electrons. The van der Waals surface area contributed by atoms with Crippen LogP contribution in [0.2, 0.25) is 0 Å². The van der Waals surface area contributed by atoms with Gasteiger partial charge < -0.3 is 10.4 Å². The van der Waals surface area contributed by atoms with Crippen molar-refractivity contribution in [3.63, 3.8) is 0 Å². The van der Waals surface area contributed by atoms with E-state index in [0.29, 0.717) is 16.7 Å². The first-order chi connectivity index (χ1) is 14.0. The largest absolute Gasteiger partial charge is 0.385 e. The van der Waals surface area contributed by atoms with Crippen molar-refractivity contribution in [3.05, 3.63) is 45.3 Å². The van der Waals surface area contributed by atoms with Crippen LogP contribution in [-0.4, -0.2) is 15.2 Å². The summed E-state index contributed by atoms with van der Waals surface area (Å²) < 4.78 is 20.2. The molecule has 2 aromatic rings. The van der Waals surface area contributed by atoms with E-state index in [4.69, 9.17) is 9.92 Å². The lowest BCUT2D eigenvalue weighted by Crippen LogP contribution is -2.19. The van der Waals surface area contributed by atoms with Gasteiger partial charge in [-0.15, -0.1) is 11.3 Å². The van der Waals surface area contributed by atoms with Crippen molar-refractivity contribution in [2.24, 2.45) is 11.1 Å². The number of anilines is 1. The fourth-order valence-corrected chi connectivity index (χ4v) is 6.43. The molecule has 1 heterocycles. The highest BCUT2D eigenvalue weighted by Gasteiger charge is 2.33. The second-order valence-electron chi connectivity index (χ2n) is 9.07. The standard InChI is InChI=1S/C22H29N3O3S2/c1-12(13-7-8-13)15-10-9-14-5-4-6-16(14)19(15)25-20(26)17-11-18(22(2,3)27)29-21(17)30(23,24)28/h9-13,27H,4-8H2,1-3H3,(H,25,26)(H3,23,24,28)/t12-/m0/s1. The van der Waals surface area contributed by atoms with Crippen LogP contribution in [-0.2, 0) is 28.4 Å². The van der Waals surface area contributed by atoms with E-state index >= 15 is 0 Å². The molecule has 1 saturated carbocycles. The number of hydrogen-bond donors (Lipinski definition) is 4. The van der Waals surface area contributed by atoms with E-state index in [-0.39, 0.29) is 9.77 Å². The van der Waals surface area contributed by atoms with Gasteiger partial charge in [-0.05, 0) is 80.5 Å². The number of benzene rings is 1. The molecule has 8 heteroatoms. The van der Waals surface area contributed by atoms with E-state index in [1.54, 1.807) is 13.8 Å². The molecule has 0 spiro atoms. The first-order valence-electron chi connectivity index (χ1n) is 10.4. The van der Waals surface area contributed by atoms with Crippen LogP contribution in [0.3, 0.4) is 0 Å². The molecule has 1 unspecified atom stereocenters. The SMILES string of the molecule is C[C@H](c1ccc2c(c1NC(=O)c1cc(C(C)(C)O)sc1S(=N)(N)=O)CCC2)C1CC1. The van der Waals surface area contributed by atoms with Gasteiger partial charge in [-0.2, -0.15) is 0 Å². The molecule has 2 aliphatic carbocycles. The average molecular weight is 448 g/mol. The Morgan fingerprint density at radius 1 is 1.37 bits per heavy atom. The quantitative estimate of drug-likeness (QED) is 0.522. The van der Waals surface area contributed by atoms with Gasteiger partial charge >= 0.3 is 0 Å². The second-order valence-corrected chi connectivity index (χ2v) is 12.0. The number of fused-ring (bicyclic) bond motifs is 1. The highest BCUT2D eigenvalue weighted by Crippen LogP contribution is 2.46. The maximum Gasteiger partial charge on any atom is 0.257 e. The number of amides is 1. The van der Waals surface area contributed by atoms with Gasteiger partial charge in [0.1, 0.15) is 14.1 Å². The van der Waals surface area contributed by atoms with E-state index < -0.39 is 21.4 Å². The molecule has 1 fully saturated rings. The number of thiophene rings is 1. The summed E-state index contributed by atoms with van der Waals surface area (Å²) in [4.78, 5) is 13.8. The Kier molecular flexibility index (Phi) is 5.33. The van der Waals surface area contributed by atoms with Crippen LogP contribution in [0.5, 0.6) is 0 Å². The predicted molar refractivity (Wildman–Crippen MR) is 120 cm³/mol. The highest BCUT2D eigenvalue weighted by atomic mass is 32.2. The lowest BCUT2D eigenvalue weighted by molar-refractivity contribution is 0.0825.